The summed E-state index contributed by atoms with van der Waals surface area (Å²) in [5.74, 6) is 0.306. The molecule has 2 N–H and O–H groups in total. The van der Waals surface area contributed by atoms with Gasteiger partial charge in [0.05, 0.1) is 22.3 Å². The number of hydrogen-bond acceptors (Lipinski definition) is 5. The Hall–Kier alpha value is -3.48. The number of aryl methyl sites for hydroxylation is 1. The van der Waals surface area contributed by atoms with Crippen LogP contribution in [0.25, 0.3) is 10.9 Å². The number of amides is 1. The summed E-state index contributed by atoms with van der Waals surface area (Å²) < 4.78 is 1.51. The van der Waals surface area contributed by atoms with Gasteiger partial charge in [-0.3, -0.25) is 19.1 Å². The summed E-state index contributed by atoms with van der Waals surface area (Å²) in [7, 11) is 0. The lowest BCUT2D eigenvalue weighted by molar-refractivity contribution is -0.124. The number of nitrogens with zero attached hydrogens (tertiary/aromatic N) is 3. The van der Waals surface area contributed by atoms with Crippen molar-refractivity contribution in [2.45, 2.75) is 38.8 Å². The van der Waals surface area contributed by atoms with Gasteiger partial charge in [-0.25, -0.2) is 4.98 Å². The summed E-state index contributed by atoms with van der Waals surface area (Å²) in [6.07, 6.45) is 6.13. The maximum Gasteiger partial charge on any atom is 0.262 e. The van der Waals surface area contributed by atoms with Crippen LogP contribution in [0.5, 0.6) is 0 Å². The predicted octanol–water partition coefficient (Wildman–Crippen LogP) is 2.67. The number of carbonyl (C=O) groups excluding carboxylic acids is 1. The van der Waals surface area contributed by atoms with E-state index in [4.69, 9.17) is 0 Å². The molecular formula is C23H25N5O2. The Balaban J connectivity index is 1.69. The van der Waals surface area contributed by atoms with Crippen molar-refractivity contribution in [3.05, 3.63) is 76.6 Å². The highest BCUT2D eigenvalue weighted by atomic mass is 16.2. The van der Waals surface area contributed by atoms with Gasteiger partial charge in [0.15, 0.2) is 0 Å². The molecule has 0 spiro atoms. The Morgan fingerprint density at radius 1 is 1.37 bits per heavy atom. The van der Waals surface area contributed by atoms with Crippen molar-refractivity contribution in [2.24, 2.45) is 4.99 Å². The van der Waals surface area contributed by atoms with Crippen molar-refractivity contribution in [3.63, 3.8) is 0 Å². The molecule has 0 aliphatic carbocycles. The van der Waals surface area contributed by atoms with Crippen LogP contribution in [-0.4, -0.2) is 27.7 Å². The zero-order valence-corrected chi connectivity index (χ0v) is 17.1. The van der Waals surface area contributed by atoms with E-state index in [9.17, 15) is 9.59 Å². The zero-order chi connectivity index (χ0) is 21.3. The second kappa shape index (κ2) is 8.10. The highest BCUT2D eigenvalue weighted by Crippen LogP contribution is 2.23. The summed E-state index contributed by atoms with van der Waals surface area (Å²) in [4.78, 5) is 35.1. The number of aromatic nitrogens is 2. The molecule has 1 unspecified atom stereocenters. The topological polar surface area (TPSA) is 88.4 Å². The van der Waals surface area contributed by atoms with Gasteiger partial charge >= 0.3 is 0 Å². The predicted molar refractivity (Wildman–Crippen MR) is 118 cm³/mol. The number of nitrogens with one attached hydrogen (secondary N) is 2. The molecule has 1 amide bonds. The van der Waals surface area contributed by atoms with Gasteiger partial charge in [0.2, 0.25) is 5.91 Å². The van der Waals surface area contributed by atoms with Crippen molar-refractivity contribution in [1.82, 2.24) is 20.2 Å². The zero-order valence-electron chi connectivity index (χ0n) is 17.1. The first-order chi connectivity index (χ1) is 14.5. The third-order valence-corrected chi connectivity index (χ3v) is 5.48. The number of carbonyl (C=O) groups is 1. The van der Waals surface area contributed by atoms with Crippen LogP contribution in [0, 0.1) is 6.92 Å². The minimum absolute atomic E-state index is 0.205. The maximum atomic E-state index is 13.5. The highest BCUT2D eigenvalue weighted by molar-refractivity contribution is 6.07. The maximum absolute atomic E-state index is 13.5. The molecule has 7 nitrogen and oxygen atoms in total. The Labute approximate surface area is 174 Å². The van der Waals surface area contributed by atoms with Gasteiger partial charge < -0.3 is 10.6 Å². The number of piperidine rings is 1. The molecule has 2 aromatic rings. The molecule has 0 radical (unpaired) electrons. The lowest BCUT2D eigenvalue weighted by Crippen LogP contribution is -2.41. The van der Waals surface area contributed by atoms with Gasteiger partial charge in [-0.05, 0) is 43.9 Å². The molecule has 3 heterocycles. The fourth-order valence-corrected chi connectivity index (χ4v) is 3.94. The van der Waals surface area contributed by atoms with E-state index in [-0.39, 0.29) is 11.5 Å². The van der Waals surface area contributed by atoms with Crippen LogP contribution in [-0.2, 0) is 11.3 Å². The quantitative estimate of drug-likeness (QED) is 0.803. The molecule has 4 rings (SSSR count). The van der Waals surface area contributed by atoms with Crippen molar-refractivity contribution in [1.29, 1.82) is 0 Å². The Kier molecular flexibility index (Phi) is 5.35. The van der Waals surface area contributed by atoms with E-state index in [1.807, 2.05) is 24.3 Å². The minimum atomic E-state index is -0.586. The third-order valence-electron chi connectivity index (χ3n) is 5.48. The average Bonchev–Trinajstić information content (AvgIpc) is 2.73. The second-order valence-corrected chi connectivity index (χ2v) is 7.58. The van der Waals surface area contributed by atoms with Crippen LogP contribution in [0.3, 0.4) is 0 Å². The number of fused-ring (bicyclic) bond motifs is 1. The monoisotopic (exact) mass is 403 g/mol. The average molecular weight is 403 g/mol. The van der Waals surface area contributed by atoms with Crippen molar-refractivity contribution >= 4 is 22.5 Å². The van der Waals surface area contributed by atoms with Crippen LogP contribution in [0.2, 0.25) is 0 Å². The molecule has 2 aliphatic rings. The van der Waals surface area contributed by atoms with Crippen LogP contribution in [0.1, 0.15) is 36.7 Å². The Morgan fingerprint density at radius 3 is 2.93 bits per heavy atom. The number of aliphatic imine (C=N–C) groups is 1. The molecule has 1 atom stereocenters. The number of hydrogen-bond donors (Lipinski definition) is 2. The fourth-order valence-electron chi connectivity index (χ4n) is 3.94. The number of benzene rings is 1. The third kappa shape index (κ3) is 3.70. The van der Waals surface area contributed by atoms with Crippen LogP contribution in [0.15, 0.2) is 64.7 Å². The van der Waals surface area contributed by atoms with E-state index in [0.29, 0.717) is 47.5 Å². The van der Waals surface area contributed by atoms with Crippen LogP contribution >= 0.6 is 0 Å². The first-order valence-corrected chi connectivity index (χ1v) is 10.1. The fraction of sp³-hybridized carbons (Fsp3) is 0.304. The molecular weight excluding hydrogens is 378 g/mol. The van der Waals surface area contributed by atoms with E-state index in [1.54, 1.807) is 6.92 Å². The number of rotatable bonds is 5. The minimum Gasteiger partial charge on any atom is -0.380 e. The molecule has 30 heavy (non-hydrogen) atoms. The molecule has 7 heteroatoms. The van der Waals surface area contributed by atoms with E-state index < -0.39 is 6.04 Å². The van der Waals surface area contributed by atoms with Gasteiger partial charge in [0, 0.05) is 18.8 Å². The van der Waals surface area contributed by atoms with Gasteiger partial charge in [-0.1, -0.05) is 31.4 Å². The first kappa shape index (κ1) is 19.8. The van der Waals surface area contributed by atoms with Crippen molar-refractivity contribution in [3.8, 4) is 0 Å². The summed E-state index contributed by atoms with van der Waals surface area (Å²) >= 11 is 0. The molecule has 2 aliphatic heterocycles. The largest absolute Gasteiger partial charge is 0.380 e. The van der Waals surface area contributed by atoms with Gasteiger partial charge in [0.25, 0.3) is 5.56 Å². The van der Waals surface area contributed by atoms with E-state index >= 15 is 0 Å². The summed E-state index contributed by atoms with van der Waals surface area (Å²) in [6, 6.07) is 5.02. The molecule has 0 saturated carbocycles. The molecule has 1 saturated heterocycles. The molecule has 0 bridgehead atoms. The molecule has 1 aromatic carbocycles. The van der Waals surface area contributed by atoms with E-state index in [2.05, 4.69) is 39.8 Å². The first-order valence-electron chi connectivity index (χ1n) is 10.1. The summed E-state index contributed by atoms with van der Waals surface area (Å²) in [5.41, 5.74) is 3.44. The lowest BCUT2D eigenvalue weighted by Gasteiger charge is -2.26. The van der Waals surface area contributed by atoms with Crippen LogP contribution < -0.4 is 16.2 Å². The second-order valence-electron chi connectivity index (χ2n) is 7.58. The lowest BCUT2D eigenvalue weighted by atomic mass is 10.0. The van der Waals surface area contributed by atoms with Gasteiger partial charge in [-0.2, -0.15) is 0 Å². The Morgan fingerprint density at radius 2 is 2.20 bits per heavy atom. The Bertz CT molecular complexity index is 1170. The van der Waals surface area contributed by atoms with Gasteiger partial charge in [0.1, 0.15) is 11.9 Å². The van der Waals surface area contributed by atoms with Crippen LogP contribution in [0.4, 0.5) is 0 Å². The normalized spacial score (nSPS) is 18.8. The standard InChI is InChI=1S/C23H25N5O2/c1-14-10-11-20(22(29)26-14)28-16(3)27-19-9-6-7-17(21(19)23(28)30)13-25-15(2)18-8-4-5-12-24-18/h4,6-9,20,25H,1-2,5,10-13H2,3H3,(H,26,29). The summed E-state index contributed by atoms with van der Waals surface area (Å²) in [5, 5.41) is 6.55. The van der Waals surface area contributed by atoms with Gasteiger partial charge in [-0.15, -0.1) is 0 Å². The summed E-state index contributed by atoms with van der Waals surface area (Å²) in [6.45, 7) is 10.8. The van der Waals surface area contributed by atoms with E-state index in [1.165, 1.54) is 4.57 Å². The highest BCUT2D eigenvalue weighted by Gasteiger charge is 2.28. The van der Waals surface area contributed by atoms with E-state index in [0.717, 1.165) is 24.2 Å². The number of dihydropyridines is 1. The molecule has 154 valence electrons. The smallest absolute Gasteiger partial charge is 0.262 e. The van der Waals surface area contributed by atoms with Crippen molar-refractivity contribution in [2.75, 3.05) is 6.54 Å². The van der Waals surface area contributed by atoms with Crippen molar-refractivity contribution < 1.29 is 4.79 Å². The SMILES string of the molecule is C=C1CCC(n2c(C)nc3cccc(CNC(=C)C4=NCCC=C4)c3c2=O)C(=O)N1. The molecule has 1 aromatic heterocycles. The molecule has 1 fully saturated rings. The number of allylic oxidation sites excluding steroid dienone is 2.